The van der Waals surface area contributed by atoms with Crippen molar-refractivity contribution in [1.82, 2.24) is 5.32 Å². The third-order valence-corrected chi connectivity index (χ3v) is 1.33. The molecule has 0 aliphatic heterocycles. The van der Waals surface area contributed by atoms with Crippen LogP contribution in [-0.4, -0.2) is 36.4 Å². The van der Waals surface area contributed by atoms with E-state index in [1.807, 2.05) is 13.8 Å². The third-order valence-electron chi connectivity index (χ3n) is 1.33. The van der Waals surface area contributed by atoms with Crippen molar-refractivity contribution in [2.75, 3.05) is 13.2 Å². The van der Waals surface area contributed by atoms with Crippen LogP contribution in [-0.2, 0) is 9.53 Å². The van der Waals surface area contributed by atoms with E-state index < -0.39 is 12.1 Å². The first-order valence-electron chi connectivity index (χ1n) is 4.27. The minimum absolute atomic E-state index is 0.136. The van der Waals surface area contributed by atoms with E-state index in [9.17, 15) is 9.90 Å². The zero-order chi connectivity index (χ0) is 10.3. The molecule has 0 aliphatic rings. The summed E-state index contributed by atoms with van der Waals surface area (Å²) in [5, 5.41) is 12.1. The average molecular weight is 187 g/mol. The lowest BCUT2D eigenvalue weighted by atomic mass is 10.3. The predicted molar refractivity (Wildman–Crippen MR) is 50.3 cm³/mol. The number of hydrogen-bond donors (Lipinski definition) is 2. The second kappa shape index (κ2) is 6.62. The molecule has 0 fully saturated rings. The highest BCUT2D eigenvalue weighted by atomic mass is 16.5. The van der Waals surface area contributed by atoms with Crippen LogP contribution in [0.1, 0.15) is 13.8 Å². The molecule has 0 heterocycles. The first kappa shape index (κ1) is 12.1. The van der Waals surface area contributed by atoms with Crippen LogP contribution < -0.4 is 5.32 Å². The van der Waals surface area contributed by atoms with Crippen molar-refractivity contribution in [3.05, 3.63) is 12.7 Å². The van der Waals surface area contributed by atoms with Crippen LogP contribution in [0.3, 0.4) is 0 Å². The maximum absolute atomic E-state index is 11.0. The van der Waals surface area contributed by atoms with E-state index in [-0.39, 0.29) is 19.2 Å². The number of nitrogens with one attached hydrogen (secondary N) is 1. The van der Waals surface area contributed by atoms with Crippen molar-refractivity contribution in [2.45, 2.75) is 26.0 Å². The summed E-state index contributed by atoms with van der Waals surface area (Å²) in [5.41, 5.74) is 0. The van der Waals surface area contributed by atoms with E-state index in [1.54, 1.807) is 0 Å². The summed E-state index contributed by atoms with van der Waals surface area (Å²) in [6.07, 6.45) is 0.364. The molecule has 0 aromatic carbocycles. The molecule has 76 valence electrons. The first-order valence-corrected chi connectivity index (χ1v) is 4.27. The second-order valence-electron chi connectivity index (χ2n) is 3.00. The molecule has 13 heavy (non-hydrogen) atoms. The summed E-state index contributed by atoms with van der Waals surface area (Å²) in [6.45, 7) is 7.61. The Balaban J connectivity index is 3.62. The number of esters is 1. The minimum atomic E-state index is -1.10. The van der Waals surface area contributed by atoms with Crippen LogP contribution in [0.5, 0.6) is 0 Å². The Kier molecular flexibility index (Phi) is 6.18. The van der Waals surface area contributed by atoms with Crippen LogP contribution in [0.4, 0.5) is 0 Å². The summed E-state index contributed by atoms with van der Waals surface area (Å²) in [6, 6.07) is 0.238. The van der Waals surface area contributed by atoms with Crippen LogP contribution in [0.25, 0.3) is 0 Å². The summed E-state index contributed by atoms with van der Waals surface area (Å²) < 4.78 is 4.64. The van der Waals surface area contributed by atoms with Crippen molar-refractivity contribution < 1.29 is 14.6 Å². The standard InChI is InChI=1S/C9H17NO3/c1-4-5-13-9(12)8(11)6-10-7(2)3/h4,7-8,10-11H,1,5-6H2,2-3H3/t8-/m0/s1. The van der Waals surface area contributed by atoms with Gasteiger partial charge in [0.1, 0.15) is 6.61 Å². The molecule has 0 aromatic rings. The van der Waals surface area contributed by atoms with E-state index in [1.165, 1.54) is 6.08 Å². The molecule has 4 nitrogen and oxygen atoms in total. The lowest BCUT2D eigenvalue weighted by Crippen LogP contribution is -2.37. The zero-order valence-electron chi connectivity index (χ0n) is 8.12. The highest BCUT2D eigenvalue weighted by Gasteiger charge is 2.15. The molecular weight excluding hydrogens is 170 g/mol. The molecule has 0 unspecified atom stereocenters. The fourth-order valence-corrected chi connectivity index (χ4v) is 0.668. The number of carbonyl (C=O) groups is 1. The Hall–Kier alpha value is -0.870. The maximum Gasteiger partial charge on any atom is 0.336 e. The molecule has 0 amide bonds. The fourth-order valence-electron chi connectivity index (χ4n) is 0.668. The average Bonchev–Trinajstić information content (AvgIpc) is 2.10. The smallest absolute Gasteiger partial charge is 0.336 e. The molecule has 0 radical (unpaired) electrons. The molecule has 0 rings (SSSR count). The van der Waals surface area contributed by atoms with Gasteiger partial charge in [0.25, 0.3) is 0 Å². The molecule has 0 saturated heterocycles. The number of ether oxygens (including phenoxy) is 1. The highest BCUT2D eigenvalue weighted by Crippen LogP contribution is 1.88. The molecule has 0 aromatic heterocycles. The molecule has 0 bridgehead atoms. The van der Waals surface area contributed by atoms with Crippen molar-refractivity contribution in [1.29, 1.82) is 0 Å². The van der Waals surface area contributed by atoms with Gasteiger partial charge in [-0.25, -0.2) is 4.79 Å². The Morgan fingerprint density at radius 2 is 2.31 bits per heavy atom. The van der Waals surface area contributed by atoms with Crippen LogP contribution in [0.2, 0.25) is 0 Å². The van der Waals surface area contributed by atoms with Crippen LogP contribution >= 0.6 is 0 Å². The summed E-state index contributed by atoms with van der Waals surface area (Å²) in [7, 11) is 0. The number of hydrogen-bond acceptors (Lipinski definition) is 4. The molecule has 0 aliphatic carbocycles. The molecule has 4 heteroatoms. The normalized spacial score (nSPS) is 12.6. The Labute approximate surface area is 78.6 Å². The van der Waals surface area contributed by atoms with Crippen molar-refractivity contribution in [2.24, 2.45) is 0 Å². The van der Waals surface area contributed by atoms with E-state index in [4.69, 9.17) is 0 Å². The molecule has 0 spiro atoms. The molecular formula is C9H17NO3. The van der Waals surface area contributed by atoms with Crippen LogP contribution in [0.15, 0.2) is 12.7 Å². The van der Waals surface area contributed by atoms with Gasteiger partial charge in [0.15, 0.2) is 6.10 Å². The third kappa shape index (κ3) is 6.31. The first-order chi connectivity index (χ1) is 6.07. The van der Waals surface area contributed by atoms with Gasteiger partial charge in [-0.1, -0.05) is 26.5 Å². The SMILES string of the molecule is C=CCOC(=O)[C@@H](O)CNC(C)C. The lowest BCUT2D eigenvalue weighted by Gasteiger charge is -2.12. The lowest BCUT2D eigenvalue weighted by molar-refractivity contribution is -0.151. The van der Waals surface area contributed by atoms with Crippen molar-refractivity contribution in [3.8, 4) is 0 Å². The Bertz CT molecular complexity index is 168. The minimum Gasteiger partial charge on any atom is -0.460 e. The Morgan fingerprint density at radius 3 is 2.77 bits per heavy atom. The van der Waals surface area contributed by atoms with Gasteiger partial charge in [0, 0.05) is 12.6 Å². The Morgan fingerprint density at radius 1 is 1.69 bits per heavy atom. The number of aliphatic hydroxyl groups excluding tert-OH is 1. The maximum atomic E-state index is 11.0. The topological polar surface area (TPSA) is 58.6 Å². The molecule has 0 saturated carbocycles. The quantitative estimate of drug-likeness (QED) is 0.456. The second-order valence-corrected chi connectivity index (χ2v) is 3.00. The van der Waals surface area contributed by atoms with Crippen LogP contribution in [0, 0.1) is 0 Å². The number of aliphatic hydroxyl groups is 1. The van der Waals surface area contributed by atoms with Crippen molar-refractivity contribution >= 4 is 5.97 Å². The van der Waals surface area contributed by atoms with E-state index in [0.717, 1.165) is 0 Å². The monoisotopic (exact) mass is 187 g/mol. The summed E-state index contributed by atoms with van der Waals surface area (Å²) in [5.74, 6) is -0.618. The zero-order valence-corrected chi connectivity index (χ0v) is 8.12. The van der Waals surface area contributed by atoms with Gasteiger partial charge in [0.2, 0.25) is 0 Å². The largest absolute Gasteiger partial charge is 0.460 e. The van der Waals surface area contributed by atoms with Gasteiger partial charge in [0.05, 0.1) is 0 Å². The summed E-state index contributed by atoms with van der Waals surface area (Å²) >= 11 is 0. The molecule has 2 N–H and O–H groups in total. The van der Waals surface area contributed by atoms with Crippen molar-refractivity contribution in [3.63, 3.8) is 0 Å². The van der Waals surface area contributed by atoms with Gasteiger partial charge < -0.3 is 15.2 Å². The summed E-state index contributed by atoms with van der Waals surface area (Å²) in [4.78, 5) is 11.0. The predicted octanol–water partition coefficient (Wildman–Crippen LogP) is 0.0745. The van der Waals surface area contributed by atoms with E-state index in [0.29, 0.717) is 0 Å². The number of carbonyl (C=O) groups excluding carboxylic acids is 1. The fraction of sp³-hybridized carbons (Fsp3) is 0.667. The van der Waals surface area contributed by atoms with E-state index >= 15 is 0 Å². The van der Waals surface area contributed by atoms with Gasteiger partial charge >= 0.3 is 5.97 Å². The van der Waals surface area contributed by atoms with Gasteiger partial charge in [-0.05, 0) is 0 Å². The van der Waals surface area contributed by atoms with Gasteiger partial charge in [-0.3, -0.25) is 0 Å². The number of rotatable bonds is 6. The highest BCUT2D eigenvalue weighted by molar-refractivity contribution is 5.74. The molecule has 1 atom stereocenters. The van der Waals surface area contributed by atoms with E-state index in [2.05, 4.69) is 16.6 Å². The van der Waals surface area contributed by atoms with Gasteiger partial charge in [-0.2, -0.15) is 0 Å². The van der Waals surface area contributed by atoms with Gasteiger partial charge in [-0.15, -0.1) is 0 Å².